The number of nitrogens with zero attached hydrogens (tertiary/aromatic N) is 2. The summed E-state index contributed by atoms with van der Waals surface area (Å²) in [6.45, 7) is 1.81. The summed E-state index contributed by atoms with van der Waals surface area (Å²) < 4.78 is 27.0. The molecule has 2 aromatic heterocycles. The molecule has 0 bridgehead atoms. The Morgan fingerprint density at radius 3 is 2.49 bits per heavy atom. The molecular weight excluding hydrogens is 571 g/mol. The van der Waals surface area contributed by atoms with E-state index in [2.05, 4.69) is 0 Å². The van der Waals surface area contributed by atoms with E-state index in [4.69, 9.17) is 14.1 Å². The monoisotopic (exact) mass is 594 g/mol. The molecular formula is C33H23FN2O6S. The van der Waals surface area contributed by atoms with Crippen LogP contribution in [-0.2, 0) is 9.53 Å². The summed E-state index contributed by atoms with van der Waals surface area (Å²) in [5, 5.41) is 9.33. The number of benzene rings is 3. The molecule has 6 rings (SSSR count). The lowest BCUT2D eigenvalue weighted by molar-refractivity contribution is -0.138. The van der Waals surface area contributed by atoms with Gasteiger partial charge in [-0.3, -0.25) is 9.36 Å². The summed E-state index contributed by atoms with van der Waals surface area (Å²) in [7, 11) is 0. The molecule has 1 aliphatic rings. The normalized spacial score (nSPS) is 14.7. The van der Waals surface area contributed by atoms with Crippen molar-refractivity contribution < 1.29 is 28.2 Å². The van der Waals surface area contributed by atoms with Gasteiger partial charge in [0, 0.05) is 17.2 Å². The Kier molecular flexibility index (Phi) is 7.43. The predicted molar refractivity (Wildman–Crippen MR) is 159 cm³/mol. The van der Waals surface area contributed by atoms with Crippen molar-refractivity contribution >= 4 is 35.0 Å². The molecule has 0 radical (unpaired) electrons. The fraction of sp³-hybridized carbons (Fsp3) is 0.0909. The third-order valence-corrected chi connectivity index (χ3v) is 7.84. The van der Waals surface area contributed by atoms with Gasteiger partial charge in [-0.15, -0.1) is 0 Å². The first-order valence-electron chi connectivity index (χ1n) is 13.3. The minimum absolute atomic E-state index is 0.112. The number of fused-ring (bicyclic) bond motifs is 1. The maximum Gasteiger partial charge on any atom is 0.338 e. The Balaban J connectivity index is 1.54. The van der Waals surface area contributed by atoms with Crippen LogP contribution in [0.3, 0.4) is 0 Å². The molecule has 214 valence electrons. The summed E-state index contributed by atoms with van der Waals surface area (Å²) in [6.07, 6.45) is 1.58. The van der Waals surface area contributed by atoms with Gasteiger partial charge in [-0.1, -0.05) is 65.9 Å². The van der Waals surface area contributed by atoms with Gasteiger partial charge in [0.25, 0.3) is 5.56 Å². The van der Waals surface area contributed by atoms with Crippen LogP contribution < -0.4 is 14.9 Å². The van der Waals surface area contributed by atoms with Gasteiger partial charge in [0.2, 0.25) is 0 Å². The lowest BCUT2D eigenvalue weighted by Gasteiger charge is -2.25. The zero-order valence-electron chi connectivity index (χ0n) is 22.7. The lowest BCUT2D eigenvalue weighted by atomic mass is 9.93. The molecule has 10 heteroatoms. The second-order valence-corrected chi connectivity index (χ2v) is 10.6. The zero-order chi connectivity index (χ0) is 30.1. The number of rotatable bonds is 7. The first-order valence-corrected chi connectivity index (χ1v) is 14.1. The average Bonchev–Trinajstić information content (AvgIpc) is 3.61. The molecule has 0 saturated heterocycles. The van der Waals surface area contributed by atoms with Crippen molar-refractivity contribution in [3.8, 4) is 11.3 Å². The van der Waals surface area contributed by atoms with Crippen LogP contribution in [0, 0.1) is 5.82 Å². The Morgan fingerprint density at radius 1 is 1.02 bits per heavy atom. The van der Waals surface area contributed by atoms with Crippen molar-refractivity contribution in [2.24, 2.45) is 4.99 Å². The van der Waals surface area contributed by atoms with E-state index in [0.29, 0.717) is 43.2 Å². The largest absolute Gasteiger partial charge is 0.478 e. The summed E-state index contributed by atoms with van der Waals surface area (Å²) in [4.78, 5) is 43.9. The van der Waals surface area contributed by atoms with E-state index >= 15 is 0 Å². The summed E-state index contributed by atoms with van der Waals surface area (Å²) in [6, 6.07) is 23.5. The number of hydrogen-bond donors (Lipinski definition) is 1. The average molecular weight is 595 g/mol. The minimum Gasteiger partial charge on any atom is -0.478 e. The van der Waals surface area contributed by atoms with Crippen molar-refractivity contribution in [3.05, 3.63) is 145 Å². The zero-order valence-corrected chi connectivity index (χ0v) is 23.5. The highest BCUT2D eigenvalue weighted by Gasteiger charge is 2.35. The number of ether oxygens (including phenoxy) is 1. The van der Waals surface area contributed by atoms with Crippen LogP contribution in [0.25, 0.3) is 23.1 Å². The van der Waals surface area contributed by atoms with Crippen molar-refractivity contribution in [2.45, 2.75) is 13.0 Å². The highest BCUT2D eigenvalue weighted by molar-refractivity contribution is 7.07. The molecule has 3 heterocycles. The highest BCUT2D eigenvalue weighted by atomic mass is 32.1. The van der Waals surface area contributed by atoms with Gasteiger partial charge in [-0.2, -0.15) is 0 Å². The van der Waals surface area contributed by atoms with E-state index in [1.54, 1.807) is 37.3 Å². The first-order chi connectivity index (χ1) is 20.8. The highest BCUT2D eigenvalue weighted by Crippen LogP contribution is 2.35. The van der Waals surface area contributed by atoms with E-state index < -0.39 is 29.4 Å². The molecule has 0 fully saturated rings. The third-order valence-electron chi connectivity index (χ3n) is 6.85. The molecule has 0 aliphatic carbocycles. The van der Waals surface area contributed by atoms with E-state index in [1.807, 2.05) is 30.3 Å². The topological polar surface area (TPSA) is 111 Å². The van der Waals surface area contributed by atoms with E-state index in [9.17, 15) is 23.9 Å². The van der Waals surface area contributed by atoms with Crippen molar-refractivity contribution in [2.75, 3.05) is 6.61 Å². The molecule has 5 aromatic rings. The van der Waals surface area contributed by atoms with Crippen molar-refractivity contribution in [1.82, 2.24) is 4.57 Å². The van der Waals surface area contributed by atoms with Gasteiger partial charge in [-0.05, 0) is 48.9 Å². The SMILES string of the molecule is CCOC(=O)C1=C(c2ccccc2)N=c2s/c(=C\c3ccc(-c4cccc(C(=O)O)c4)o3)c(=O)n2C1c1ccc(F)cc1. The molecule has 43 heavy (non-hydrogen) atoms. The fourth-order valence-electron chi connectivity index (χ4n) is 4.92. The van der Waals surface area contributed by atoms with Crippen LogP contribution in [0.2, 0.25) is 0 Å². The van der Waals surface area contributed by atoms with E-state index in [1.165, 1.54) is 41.0 Å². The molecule has 0 amide bonds. The van der Waals surface area contributed by atoms with Gasteiger partial charge in [0.05, 0.1) is 34.0 Å². The molecule has 1 aliphatic heterocycles. The number of carbonyl (C=O) groups is 2. The van der Waals surface area contributed by atoms with Gasteiger partial charge >= 0.3 is 11.9 Å². The number of carbonyl (C=O) groups excluding carboxylic acids is 1. The number of thiazole rings is 1. The molecule has 1 atom stereocenters. The number of halogens is 1. The molecule has 1 unspecified atom stereocenters. The van der Waals surface area contributed by atoms with Crippen molar-refractivity contribution in [1.29, 1.82) is 0 Å². The Bertz CT molecular complexity index is 2070. The molecule has 8 nitrogen and oxygen atoms in total. The maximum absolute atomic E-state index is 14.0. The third kappa shape index (κ3) is 5.35. The van der Waals surface area contributed by atoms with E-state index in [0.717, 1.165) is 11.3 Å². The smallest absolute Gasteiger partial charge is 0.338 e. The quantitative estimate of drug-likeness (QED) is 0.265. The standard InChI is InChI=1S/C33H23FN2O6S/c1-2-41-32(40)27-28(19-7-4-3-5-8-19)35-33-36(29(27)20-11-13-23(34)14-12-20)30(37)26(43-33)18-24-15-16-25(42-24)21-9-6-10-22(17-21)31(38)39/h3-18,29H,2H2,1H3,(H,38,39)/b26-18-. The Hall–Kier alpha value is -5.35. The van der Waals surface area contributed by atoms with Crippen LogP contribution in [0.15, 0.2) is 111 Å². The van der Waals surface area contributed by atoms with Gasteiger partial charge < -0.3 is 14.3 Å². The van der Waals surface area contributed by atoms with Crippen LogP contribution in [0.1, 0.15) is 40.2 Å². The molecule has 0 spiro atoms. The maximum atomic E-state index is 14.0. The van der Waals surface area contributed by atoms with Crippen LogP contribution >= 0.6 is 11.3 Å². The fourth-order valence-corrected chi connectivity index (χ4v) is 5.90. The summed E-state index contributed by atoms with van der Waals surface area (Å²) in [5.41, 5.74) is 1.98. The molecule has 0 saturated carbocycles. The summed E-state index contributed by atoms with van der Waals surface area (Å²) >= 11 is 1.13. The number of hydrogen-bond acceptors (Lipinski definition) is 7. The number of esters is 1. The number of carboxylic acids is 1. The molecule has 1 N–H and O–H groups in total. The number of aromatic carboxylic acids is 1. The van der Waals surface area contributed by atoms with Crippen LogP contribution in [0.4, 0.5) is 4.39 Å². The van der Waals surface area contributed by atoms with E-state index in [-0.39, 0.29) is 17.7 Å². The van der Waals surface area contributed by atoms with Crippen LogP contribution in [-0.4, -0.2) is 28.2 Å². The molecule has 3 aromatic carbocycles. The summed E-state index contributed by atoms with van der Waals surface area (Å²) in [5.74, 6) is -1.34. The van der Waals surface area contributed by atoms with Gasteiger partial charge in [0.15, 0.2) is 4.80 Å². The minimum atomic E-state index is -1.05. The second kappa shape index (κ2) is 11.5. The second-order valence-electron chi connectivity index (χ2n) is 9.57. The van der Waals surface area contributed by atoms with Gasteiger partial charge in [0.1, 0.15) is 17.3 Å². The van der Waals surface area contributed by atoms with Crippen molar-refractivity contribution in [3.63, 3.8) is 0 Å². The van der Waals surface area contributed by atoms with Gasteiger partial charge in [-0.25, -0.2) is 19.0 Å². The lowest BCUT2D eigenvalue weighted by Crippen LogP contribution is -2.40. The number of furan rings is 1. The number of carboxylic acid groups (broad SMARTS) is 1. The first kappa shape index (κ1) is 27.8. The Labute approximate surface area is 248 Å². The number of aromatic nitrogens is 1. The predicted octanol–water partition coefficient (Wildman–Crippen LogP) is 5.03. The Morgan fingerprint density at radius 2 is 1.77 bits per heavy atom. The van der Waals surface area contributed by atoms with Crippen LogP contribution in [0.5, 0.6) is 0 Å².